The Kier molecular flexibility index (Phi) is 27.2. The van der Waals surface area contributed by atoms with Crippen LogP contribution in [-0.4, -0.2) is 38.4 Å². The summed E-state index contributed by atoms with van der Waals surface area (Å²) in [5.41, 5.74) is 0. The van der Waals surface area contributed by atoms with E-state index in [0.717, 1.165) is 32.3 Å². The van der Waals surface area contributed by atoms with Crippen LogP contribution in [0, 0.1) is 0 Å². The number of unbranched alkanes of at least 4 members (excludes halogenated alkanes) is 16. The lowest BCUT2D eigenvalue weighted by Gasteiger charge is -2.06. The predicted octanol–water partition coefficient (Wildman–Crippen LogP) is 8.32. The van der Waals surface area contributed by atoms with Crippen molar-refractivity contribution in [3.63, 3.8) is 0 Å². The molecule has 0 N–H and O–H groups in total. The first-order valence-corrected chi connectivity index (χ1v) is 14.6. The van der Waals surface area contributed by atoms with Gasteiger partial charge in [-0.2, -0.15) is 0 Å². The monoisotopic (exact) mass is 484 g/mol. The first kappa shape index (κ1) is 32.9. The summed E-state index contributed by atoms with van der Waals surface area (Å²) in [6.45, 7) is 6.39. The highest BCUT2D eigenvalue weighted by atomic mass is 16.6. The van der Waals surface area contributed by atoms with E-state index in [-0.39, 0.29) is 11.9 Å². The number of esters is 2. The van der Waals surface area contributed by atoms with Crippen molar-refractivity contribution in [2.45, 2.75) is 149 Å². The summed E-state index contributed by atoms with van der Waals surface area (Å²) in [7, 11) is 0. The second-order valence-electron chi connectivity index (χ2n) is 9.56. The average molecular weight is 485 g/mol. The van der Waals surface area contributed by atoms with Crippen LogP contribution in [0.1, 0.15) is 149 Å². The van der Waals surface area contributed by atoms with E-state index in [0.29, 0.717) is 45.5 Å². The maximum atomic E-state index is 11.8. The highest BCUT2D eigenvalue weighted by Crippen LogP contribution is 2.13. The maximum Gasteiger partial charge on any atom is 0.305 e. The molecule has 0 aliphatic carbocycles. The maximum absolute atomic E-state index is 11.8. The lowest BCUT2D eigenvalue weighted by Crippen LogP contribution is -2.11. The van der Waals surface area contributed by atoms with Crippen LogP contribution in [0.5, 0.6) is 0 Å². The molecular formula is C29H56O5. The summed E-state index contributed by atoms with van der Waals surface area (Å²) < 4.78 is 15.8. The average Bonchev–Trinajstić information content (AvgIpc) is 2.83. The number of carbonyl (C=O) groups excluding carboxylic acids is 2. The molecule has 0 fully saturated rings. The Morgan fingerprint density at radius 3 is 1.29 bits per heavy atom. The van der Waals surface area contributed by atoms with Crippen LogP contribution in [0.2, 0.25) is 0 Å². The number of rotatable bonds is 27. The Labute approximate surface area is 211 Å². The van der Waals surface area contributed by atoms with Gasteiger partial charge >= 0.3 is 11.9 Å². The molecular weight excluding hydrogens is 428 g/mol. The van der Waals surface area contributed by atoms with E-state index in [2.05, 4.69) is 13.8 Å². The molecule has 0 atom stereocenters. The van der Waals surface area contributed by atoms with Crippen molar-refractivity contribution < 1.29 is 23.8 Å². The van der Waals surface area contributed by atoms with Gasteiger partial charge in [0.25, 0.3) is 0 Å². The van der Waals surface area contributed by atoms with E-state index in [1.54, 1.807) is 0 Å². The normalized spacial score (nSPS) is 11.0. The van der Waals surface area contributed by atoms with Crippen LogP contribution in [0.4, 0.5) is 0 Å². The predicted molar refractivity (Wildman–Crippen MR) is 141 cm³/mol. The van der Waals surface area contributed by atoms with Gasteiger partial charge in [0.15, 0.2) is 0 Å². The Bertz CT molecular complexity index is 438. The Hall–Kier alpha value is -1.10. The summed E-state index contributed by atoms with van der Waals surface area (Å²) in [6.07, 6.45) is 24.1. The third-order valence-electron chi connectivity index (χ3n) is 6.16. The molecule has 0 saturated heterocycles. The molecule has 0 aliphatic heterocycles. The lowest BCUT2D eigenvalue weighted by molar-refractivity contribution is -0.146. The summed E-state index contributed by atoms with van der Waals surface area (Å²) >= 11 is 0. The van der Waals surface area contributed by atoms with Gasteiger partial charge in [-0.25, -0.2) is 0 Å². The van der Waals surface area contributed by atoms with Gasteiger partial charge in [0, 0.05) is 19.4 Å². The Morgan fingerprint density at radius 1 is 0.412 bits per heavy atom. The van der Waals surface area contributed by atoms with Crippen LogP contribution in [-0.2, 0) is 23.8 Å². The highest BCUT2D eigenvalue weighted by Gasteiger charge is 2.06. The molecule has 0 aromatic rings. The lowest BCUT2D eigenvalue weighted by atomic mass is 10.0. The Balaban J connectivity index is 3.24. The molecule has 0 aliphatic rings. The molecule has 0 amide bonds. The summed E-state index contributed by atoms with van der Waals surface area (Å²) in [5.74, 6) is -0.367. The fourth-order valence-corrected chi connectivity index (χ4v) is 3.91. The zero-order valence-corrected chi connectivity index (χ0v) is 22.7. The summed E-state index contributed by atoms with van der Waals surface area (Å²) in [4.78, 5) is 23.4. The largest absolute Gasteiger partial charge is 0.466 e. The number of carbonyl (C=O) groups is 2. The minimum absolute atomic E-state index is 0.150. The smallest absolute Gasteiger partial charge is 0.305 e. The van der Waals surface area contributed by atoms with E-state index in [1.165, 1.54) is 83.5 Å². The molecule has 0 unspecified atom stereocenters. The Morgan fingerprint density at radius 2 is 0.824 bits per heavy atom. The first-order valence-electron chi connectivity index (χ1n) is 14.6. The van der Waals surface area contributed by atoms with Crippen molar-refractivity contribution in [1.82, 2.24) is 0 Å². The molecule has 0 heterocycles. The van der Waals surface area contributed by atoms with Crippen LogP contribution in [0.25, 0.3) is 0 Å². The molecule has 34 heavy (non-hydrogen) atoms. The zero-order chi connectivity index (χ0) is 25.0. The summed E-state index contributed by atoms with van der Waals surface area (Å²) in [5, 5.41) is 0. The van der Waals surface area contributed by atoms with Crippen molar-refractivity contribution in [3.05, 3.63) is 0 Å². The fraction of sp³-hybridized carbons (Fsp3) is 0.931. The van der Waals surface area contributed by atoms with Crippen molar-refractivity contribution in [1.29, 1.82) is 0 Å². The number of hydrogen-bond acceptors (Lipinski definition) is 5. The van der Waals surface area contributed by atoms with Gasteiger partial charge in [0.05, 0.1) is 13.2 Å². The van der Waals surface area contributed by atoms with Gasteiger partial charge in [0.2, 0.25) is 0 Å². The minimum atomic E-state index is -0.217. The standard InChI is InChI=1S/C29H56O5/c1-3-5-7-8-9-10-11-12-13-14-15-16-17-18-21-25-33-28(30)22-19-20-23-29(31)34-27-26-32-24-6-4-2/h3-27H2,1-2H3. The minimum Gasteiger partial charge on any atom is -0.466 e. The molecule has 202 valence electrons. The van der Waals surface area contributed by atoms with E-state index >= 15 is 0 Å². The van der Waals surface area contributed by atoms with E-state index in [4.69, 9.17) is 14.2 Å². The van der Waals surface area contributed by atoms with Gasteiger partial charge in [-0.3, -0.25) is 9.59 Å². The SMILES string of the molecule is CCCCCCCCCCCCCCCCCOC(=O)CCCCC(=O)OCCOCCCC. The molecule has 0 saturated carbocycles. The second kappa shape index (κ2) is 28.1. The number of ether oxygens (including phenoxy) is 3. The fourth-order valence-electron chi connectivity index (χ4n) is 3.91. The van der Waals surface area contributed by atoms with Crippen LogP contribution in [0.3, 0.4) is 0 Å². The van der Waals surface area contributed by atoms with Crippen LogP contribution >= 0.6 is 0 Å². The molecule has 0 aromatic carbocycles. The summed E-state index contributed by atoms with van der Waals surface area (Å²) in [6, 6.07) is 0. The first-order chi connectivity index (χ1) is 16.7. The molecule has 0 radical (unpaired) electrons. The van der Waals surface area contributed by atoms with Crippen LogP contribution in [0.15, 0.2) is 0 Å². The molecule has 5 heteroatoms. The molecule has 0 rings (SSSR count). The third-order valence-corrected chi connectivity index (χ3v) is 6.16. The molecule has 0 spiro atoms. The van der Waals surface area contributed by atoms with Gasteiger partial charge in [-0.1, -0.05) is 110 Å². The van der Waals surface area contributed by atoms with Crippen LogP contribution < -0.4 is 0 Å². The topological polar surface area (TPSA) is 61.8 Å². The second-order valence-corrected chi connectivity index (χ2v) is 9.56. The molecule has 0 aromatic heterocycles. The number of hydrogen-bond donors (Lipinski definition) is 0. The van der Waals surface area contributed by atoms with Crippen molar-refractivity contribution in [2.24, 2.45) is 0 Å². The van der Waals surface area contributed by atoms with Gasteiger partial charge in [-0.05, 0) is 25.7 Å². The van der Waals surface area contributed by atoms with Crippen molar-refractivity contribution in [2.75, 3.05) is 26.4 Å². The van der Waals surface area contributed by atoms with Crippen molar-refractivity contribution >= 4 is 11.9 Å². The van der Waals surface area contributed by atoms with E-state index < -0.39 is 0 Å². The zero-order valence-electron chi connectivity index (χ0n) is 22.7. The van der Waals surface area contributed by atoms with E-state index in [9.17, 15) is 9.59 Å². The van der Waals surface area contributed by atoms with Gasteiger partial charge < -0.3 is 14.2 Å². The van der Waals surface area contributed by atoms with Gasteiger partial charge in [0.1, 0.15) is 6.61 Å². The molecule has 5 nitrogen and oxygen atoms in total. The highest BCUT2D eigenvalue weighted by molar-refractivity contribution is 5.70. The quantitative estimate of drug-likeness (QED) is 0.0866. The molecule has 0 bridgehead atoms. The van der Waals surface area contributed by atoms with Gasteiger partial charge in [-0.15, -0.1) is 0 Å². The third kappa shape index (κ3) is 27.1. The van der Waals surface area contributed by atoms with E-state index in [1.807, 2.05) is 0 Å². The van der Waals surface area contributed by atoms with Crippen molar-refractivity contribution in [3.8, 4) is 0 Å².